The lowest BCUT2D eigenvalue weighted by molar-refractivity contribution is 0.184. The predicted octanol–water partition coefficient (Wildman–Crippen LogP) is 2.72. The van der Waals surface area contributed by atoms with E-state index in [1.807, 2.05) is 7.05 Å². The van der Waals surface area contributed by atoms with Gasteiger partial charge >= 0.3 is 6.03 Å². The normalized spacial score (nSPS) is 12.5. The minimum atomic E-state index is 0.0138. The molecule has 15 heavy (non-hydrogen) atoms. The van der Waals surface area contributed by atoms with E-state index in [1.165, 1.54) is 0 Å². The van der Waals surface area contributed by atoms with E-state index in [-0.39, 0.29) is 16.9 Å². The monoisotopic (exact) mass is 214 g/mol. The highest BCUT2D eigenvalue weighted by Gasteiger charge is 2.19. The molecule has 3 nitrogen and oxygen atoms in total. The maximum Gasteiger partial charge on any atom is 0.317 e. The van der Waals surface area contributed by atoms with E-state index in [1.54, 1.807) is 4.90 Å². The van der Waals surface area contributed by atoms with Gasteiger partial charge in [-0.3, -0.25) is 0 Å². The fraction of sp³-hybridized carbons (Fsp3) is 0.917. The molecule has 0 aromatic heterocycles. The molecule has 0 aromatic rings. The highest BCUT2D eigenvalue weighted by molar-refractivity contribution is 5.73. The lowest BCUT2D eigenvalue weighted by Crippen LogP contribution is -2.44. The second-order valence-electron chi connectivity index (χ2n) is 6.64. The number of hydrogen-bond acceptors (Lipinski definition) is 1. The minimum Gasteiger partial charge on any atom is -0.337 e. The number of hydrogen-bond donors (Lipinski definition) is 1. The van der Waals surface area contributed by atoms with Crippen molar-refractivity contribution < 1.29 is 4.79 Å². The zero-order chi connectivity index (χ0) is 12.3. The SMILES string of the molecule is CN(CC(C)(C)C)C(=O)NCC(C)(C)C. The summed E-state index contributed by atoms with van der Waals surface area (Å²) in [5, 5.41) is 2.93. The molecule has 0 fully saturated rings. The van der Waals surface area contributed by atoms with E-state index < -0.39 is 0 Å². The zero-order valence-electron chi connectivity index (χ0n) is 11.3. The third-order valence-electron chi connectivity index (χ3n) is 1.83. The summed E-state index contributed by atoms with van der Waals surface area (Å²) >= 11 is 0. The number of urea groups is 1. The quantitative estimate of drug-likeness (QED) is 0.753. The maximum atomic E-state index is 11.7. The average Bonchev–Trinajstić information content (AvgIpc) is 1.95. The smallest absolute Gasteiger partial charge is 0.317 e. The van der Waals surface area contributed by atoms with Gasteiger partial charge in [0.15, 0.2) is 0 Å². The molecule has 0 atom stereocenters. The highest BCUT2D eigenvalue weighted by Crippen LogP contribution is 2.14. The minimum absolute atomic E-state index is 0.0138. The molecule has 1 N–H and O–H groups in total. The van der Waals surface area contributed by atoms with Crippen LogP contribution in [0, 0.1) is 10.8 Å². The molecule has 0 aliphatic carbocycles. The van der Waals surface area contributed by atoms with Crippen molar-refractivity contribution >= 4 is 6.03 Å². The predicted molar refractivity (Wildman–Crippen MR) is 64.9 cm³/mol. The number of carbonyl (C=O) groups excluding carboxylic acids is 1. The van der Waals surface area contributed by atoms with Gasteiger partial charge in [0.25, 0.3) is 0 Å². The Morgan fingerprint density at radius 2 is 1.53 bits per heavy atom. The molecule has 0 aliphatic rings. The Labute approximate surface area is 94.2 Å². The summed E-state index contributed by atoms with van der Waals surface area (Å²) in [7, 11) is 1.84. The van der Waals surface area contributed by atoms with Crippen molar-refractivity contribution in [2.24, 2.45) is 10.8 Å². The van der Waals surface area contributed by atoms with Crippen LogP contribution < -0.4 is 5.32 Å². The molecule has 0 heterocycles. The van der Waals surface area contributed by atoms with Crippen LogP contribution in [0.15, 0.2) is 0 Å². The Balaban J connectivity index is 4.01. The number of nitrogens with zero attached hydrogens (tertiary/aromatic N) is 1. The van der Waals surface area contributed by atoms with Crippen molar-refractivity contribution in [2.45, 2.75) is 41.5 Å². The molecule has 0 spiro atoms. The standard InChI is InChI=1S/C12H26N2O/c1-11(2,3)8-13-10(15)14(7)9-12(4,5)6/h8-9H2,1-7H3,(H,13,15). The van der Waals surface area contributed by atoms with Gasteiger partial charge < -0.3 is 10.2 Å². The van der Waals surface area contributed by atoms with Crippen LogP contribution in [-0.4, -0.2) is 31.1 Å². The molecule has 0 unspecified atom stereocenters. The topological polar surface area (TPSA) is 32.3 Å². The number of amides is 2. The van der Waals surface area contributed by atoms with Crippen LogP contribution in [0.2, 0.25) is 0 Å². The Kier molecular flexibility index (Phi) is 4.63. The number of carbonyl (C=O) groups is 1. The first-order valence-corrected chi connectivity index (χ1v) is 5.50. The summed E-state index contributed by atoms with van der Waals surface area (Å²) in [6.07, 6.45) is 0. The Hall–Kier alpha value is -0.730. The first kappa shape index (κ1) is 14.3. The molecular weight excluding hydrogens is 188 g/mol. The summed E-state index contributed by atoms with van der Waals surface area (Å²) in [6, 6.07) is 0.0138. The largest absolute Gasteiger partial charge is 0.337 e. The van der Waals surface area contributed by atoms with E-state index in [4.69, 9.17) is 0 Å². The molecule has 0 radical (unpaired) electrons. The van der Waals surface area contributed by atoms with Gasteiger partial charge in [0.2, 0.25) is 0 Å². The van der Waals surface area contributed by atoms with Crippen LogP contribution in [0.25, 0.3) is 0 Å². The van der Waals surface area contributed by atoms with Gasteiger partial charge in [-0.2, -0.15) is 0 Å². The summed E-state index contributed by atoms with van der Waals surface area (Å²) in [4.78, 5) is 13.4. The Morgan fingerprint density at radius 3 is 1.87 bits per heavy atom. The maximum absolute atomic E-state index is 11.7. The van der Waals surface area contributed by atoms with Gasteiger partial charge in [0.1, 0.15) is 0 Å². The highest BCUT2D eigenvalue weighted by atomic mass is 16.2. The van der Waals surface area contributed by atoms with Crippen molar-refractivity contribution in [1.29, 1.82) is 0 Å². The molecule has 90 valence electrons. The zero-order valence-corrected chi connectivity index (χ0v) is 11.3. The van der Waals surface area contributed by atoms with Crippen molar-refractivity contribution in [3.63, 3.8) is 0 Å². The Morgan fingerprint density at radius 1 is 1.07 bits per heavy atom. The average molecular weight is 214 g/mol. The molecule has 0 bridgehead atoms. The first-order chi connectivity index (χ1) is 6.51. The molecular formula is C12H26N2O. The second-order valence-corrected chi connectivity index (χ2v) is 6.64. The first-order valence-electron chi connectivity index (χ1n) is 5.50. The van der Waals surface area contributed by atoms with Crippen LogP contribution in [-0.2, 0) is 0 Å². The fourth-order valence-electron chi connectivity index (χ4n) is 1.26. The summed E-state index contributed by atoms with van der Waals surface area (Å²) in [6.45, 7) is 14.2. The Bertz CT molecular complexity index is 211. The molecule has 0 saturated carbocycles. The van der Waals surface area contributed by atoms with Crippen LogP contribution >= 0.6 is 0 Å². The van der Waals surface area contributed by atoms with E-state index >= 15 is 0 Å². The molecule has 0 saturated heterocycles. The van der Waals surface area contributed by atoms with Gasteiger partial charge in [-0.1, -0.05) is 41.5 Å². The van der Waals surface area contributed by atoms with Crippen molar-refractivity contribution in [1.82, 2.24) is 10.2 Å². The third-order valence-corrected chi connectivity index (χ3v) is 1.83. The van der Waals surface area contributed by atoms with E-state index in [0.29, 0.717) is 6.54 Å². The van der Waals surface area contributed by atoms with E-state index in [2.05, 4.69) is 46.9 Å². The summed E-state index contributed by atoms with van der Waals surface area (Å²) < 4.78 is 0. The van der Waals surface area contributed by atoms with Crippen LogP contribution in [0.1, 0.15) is 41.5 Å². The van der Waals surface area contributed by atoms with E-state index in [9.17, 15) is 4.79 Å². The van der Waals surface area contributed by atoms with Crippen molar-refractivity contribution in [3.8, 4) is 0 Å². The molecule has 2 amide bonds. The summed E-state index contributed by atoms with van der Waals surface area (Å²) in [5.74, 6) is 0. The van der Waals surface area contributed by atoms with Crippen LogP contribution in [0.5, 0.6) is 0 Å². The molecule has 0 aliphatic heterocycles. The van der Waals surface area contributed by atoms with Gasteiger partial charge in [0, 0.05) is 20.1 Å². The lowest BCUT2D eigenvalue weighted by Gasteiger charge is -2.28. The second kappa shape index (κ2) is 4.86. The van der Waals surface area contributed by atoms with Crippen LogP contribution in [0.4, 0.5) is 4.79 Å². The van der Waals surface area contributed by atoms with Gasteiger partial charge in [-0.25, -0.2) is 4.79 Å². The van der Waals surface area contributed by atoms with Gasteiger partial charge in [-0.05, 0) is 10.8 Å². The van der Waals surface area contributed by atoms with Crippen molar-refractivity contribution in [3.05, 3.63) is 0 Å². The van der Waals surface area contributed by atoms with Gasteiger partial charge in [-0.15, -0.1) is 0 Å². The fourth-order valence-corrected chi connectivity index (χ4v) is 1.26. The summed E-state index contributed by atoms with van der Waals surface area (Å²) in [5.41, 5.74) is 0.284. The number of nitrogens with one attached hydrogen (secondary N) is 1. The van der Waals surface area contributed by atoms with Crippen LogP contribution in [0.3, 0.4) is 0 Å². The number of rotatable bonds is 2. The lowest BCUT2D eigenvalue weighted by atomic mass is 9.96. The molecule has 3 heteroatoms. The van der Waals surface area contributed by atoms with Gasteiger partial charge in [0.05, 0.1) is 0 Å². The van der Waals surface area contributed by atoms with Crippen molar-refractivity contribution in [2.75, 3.05) is 20.1 Å². The molecule has 0 aromatic carbocycles. The van der Waals surface area contributed by atoms with E-state index in [0.717, 1.165) is 6.54 Å². The third kappa shape index (κ3) is 8.28. The molecule has 0 rings (SSSR count).